The molecule has 0 fully saturated rings. The molecule has 0 aliphatic carbocycles. The molecule has 2 aromatic heterocycles. The molecule has 0 saturated heterocycles. The second kappa shape index (κ2) is 9.01. The van der Waals surface area contributed by atoms with Crippen LogP contribution in [0.2, 0.25) is 5.02 Å². The van der Waals surface area contributed by atoms with E-state index < -0.39 is 0 Å². The van der Waals surface area contributed by atoms with Crippen molar-refractivity contribution in [3.05, 3.63) is 88.3 Å². The zero-order chi connectivity index (χ0) is 22.8. The fourth-order valence-corrected chi connectivity index (χ4v) is 3.92. The van der Waals surface area contributed by atoms with E-state index in [9.17, 15) is 4.79 Å². The molecule has 2 heterocycles. The number of hydrogen-bond donors (Lipinski definition) is 0. The number of aromatic nitrogens is 4. The van der Waals surface area contributed by atoms with E-state index in [2.05, 4.69) is 5.10 Å². The van der Waals surface area contributed by atoms with Gasteiger partial charge in [0.15, 0.2) is 0 Å². The molecule has 1 amide bonds. The minimum Gasteiger partial charge on any atom is -0.341 e. The monoisotopic (exact) mass is 447 g/mol. The molecule has 7 heteroatoms. The molecule has 0 bridgehead atoms. The highest BCUT2D eigenvalue weighted by atomic mass is 35.5. The summed E-state index contributed by atoms with van der Waals surface area (Å²) in [7, 11) is 3.73. The topological polar surface area (TPSA) is 56.0 Å². The quantitative estimate of drug-likeness (QED) is 0.428. The number of rotatable bonds is 6. The number of carbonyl (C=O) groups excluding carboxylic acids is 1. The molecule has 0 aliphatic rings. The first kappa shape index (κ1) is 21.8. The van der Waals surface area contributed by atoms with Crippen molar-refractivity contribution in [2.24, 2.45) is 7.05 Å². The van der Waals surface area contributed by atoms with E-state index in [0.29, 0.717) is 18.0 Å². The van der Waals surface area contributed by atoms with Crippen LogP contribution in [-0.2, 0) is 24.8 Å². The van der Waals surface area contributed by atoms with Gasteiger partial charge in [-0.3, -0.25) is 9.48 Å². The fourth-order valence-electron chi connectivity index (χ4n) is 3.79. The highest BCUT2D eigenvalue weighted by Gasteiger charge is 2.19. The van der Waals surface area contributed by atoms with Gasteiger partial charge in [-0.05, 0) is 38.1 Å². The minimum absolute atomic E-state index is 0.0405. The Kier molecular flexibility index (Phi) is 6.15. The van der Waals surface area contributed by atoms with Gasteiger partial charge in [0.1, 0.15) is 0 Å². The molecule has 4 rings (SSSR count). The van der Waals surface area contributed by atoms with Gasteiger partial charge in [0.25, 0.3) is 0 Å². The second-order valence-corrected chi connectivity index (χ2v) is 8.43. The maximum Gasteiger partial charge on any atom is 0.227 e. The molecule has 6 nitrogen and oxygen atoms in total. The number of halogens is 1. The Bertz CT molecular complexity index is 1240. The number of carbonyl (C=O) groups is 1. The zero-order valence-corrected chi connectivity index (χ0v) is 19.5. The van der Waals surface area contributed by atoms with Crippen molar-refractivity contribution in [2.75, 3.05) is 7.05 Å². The van der Waals surface area contributed by atoms with Crippen LogP contribution in [0.5, 0.6) is 0 Å². The van der Waals surface area contributed by atoms with E-state index in [4.69, 9.17) is 16.7 Å². The van der Waals surface area contributed by atoms with Crippen molar-refractivity contribution >= 4 is 17.5 Å². The van der Waals surface area contributed by atoms with E-state index >= 15 is 0 Å². The molecule has 4 aromatic rings. The average Bonchev–Trinajstić information content (AvgIpc) is 3.31. The Morgan fingerprint density at radius 3 is 2.34 bits per heavy atom. The summed E-state index contributed by atoms with van der Waals surface area (Å²) in [6, 6.07) is 17.6. The lowest BCUT2D eigenvalue weighted by Gasteiger charge is -2.17. The number of benzene rings is 2. The average molecular weight is 448 g/mol. The molecule has 164 valence electrons. The molecule has 0 radical (unpaired) electrons. The van der Waals surface area contributed by atoms with Crippen molar-refractivity contribution < 1.29 is 4.79 Å². The normalized spacial score (nSPS) is 11.0. The molecule has 0 unspecified atom stereocenters. The van der Waals surface area contributed by atoms with Gasteiger partial charge in [0, 0.05) is 54.2 Å². The molecular weight excluding hydrogens is 422 g/mol. The zero-order valence-electron chi connectivity index (χ0n) is 18.7. The van der Waals surface area contributed by atoms with E-state index in [1.165, 1.54) is 0 Å². The van der Waals surface area contributed by atoms with Gasteiger partial charge in [-0.15, -0.1) is 0 Å². The molecule has 0 atom stereocenters. The lowest BCUT2D eigenvalue weighted by atomic mass is 10.1. The highest BCUT2D eigenvalue weighted by molar-refractivity contribution is 6.30. The highest BCUT2D eigenvalue weighted by Crippen LogP contribution is 2.26. The Balaban J connectivity index is 1.63. The maximum atomic E-state index is 13.0. The molecule has 0 saturated carbocycles. The third kappa shape index (κ3) is 4.46. The number of amides is 1. The van der Waals surface area contributed by atoms with Crippen LogP contribution in [-0.4, -0.2) is 37.4 Å². The van der Waals surface area contributed by atoms with Crippen molar-refractivity contribution in [3.8, 4) is 16.9 Å². The van der Waals surface area contributed by atoms with Crippen LogP contribution in [0, 0.1) is 13.8 Å². The Morgan fingerprint density at radius 1 is 1.03 bits per heavy atom. The molecule has 0 N–H and O–H groups in total. The first-order chi connectivity index (χ1) is 15.3. The van der Waals surface area contributed by atoms with Gasteiger partial charge < -0.3 is 4.90 Å². The molecule has 0 spiro atoms. The third-order valence-electron chi connectivity index (χ3n) is 5.75. The van der Waals surface area contributed by atoms with Gasteiger partial charge >= 0.3 is 0 Å². The van der Waals surface area contributed by atoms with Crippen LogP contribution in [0.15, 0.2) is 60.8 Å². The van der Waals surface area contributed by atoms with Crippen LogP contribution in [0.3, 0.4) is 0 Å². The Morgan fingerprint density at radius 2 is 1.72 bits per heavy atom. The molecule has 2 aromatic carbocycles. The van der Waals surface area contributed by atoms with Gasteiger partial charge in [-0.1, -0.05) is 41.9 Å². The van der Waals surface area contributed by atoms with Crippen LogP contribution in [0.1, 0.15) is 22.5 Å². The minimum atomic E-state index is 0.0405. The summed E-state index contributed by atoms with van der Waals surface area (Å²) >= 11 is 6.08. The fraction of sp³-hybridized carbons (Fsp3) is 0.240. The van der Waals surface area contributed by atoms with Crippen LogP contribution < -0.4 is 0 Å². The first-order valence-corrected chi connectivity index (χ1v) is 10.8. The van der Waals surface area contributed by atoms with Crippen LogP contribution >= 0.6 is 11.6 Å². The van der Waals surface area contributed by atoms with Crippen LogP contribution in [0.4, 0.5) is 0 Å². The standard InChI is InChI=1S/C25H26ClN5O/c1-17-23(18(2)30(4)27-17)14-24(32)29(3)15-20-16-31(22-8-6-5-7-9-22)28-25(20)19-10-12-21(26)13-11-19/h5-13,16H,14-15H2,1-4H3. The summed E-state index contributed by atoms with van der Waals surface area (Å²) in [5.74, 6) is 0.0405. The van der Waals surface area contributed by atoms with Gasteiger partial charge in [-0.2, -0.15) is 10.2 Å². The number of aryl methyl sites for hydroxylation is 2. The van der Waals surface area contributed by atoms with Crippen molar-refractivity contribution in [2.45, 2.75) is 26.8 Å². The molecule has 0 aliphatic heterocycles. The molecule has 32 heavy (non-hydrogen) atoms. The van der Waals surface area contributed by atoms with Crippen molar-refractivity contribution in [1.29, 1.82) is 0 Å². The van der Waals surface area contributed by atoms with E-state index in [-0.39, 0.29) is 5.91 Å². The smallest absolute Gasteiger partial charge is 0.227 e. The van der Waals surface area contributed by atoms with Crippen molar-refractivity contribution in [1.82, 2.24) is 24.5 Å². The van der Waals surface area contributed by atoms with Crippen molar-refractivity contribution in [3.63, 3.8) is 0 Å². The molecular formula is C25H26ClN5O. The van der Waals surface area contributed by atoms with Gasteiger partial charge in [0.2, 0.25) is 5.91 Å². The van der Waals surface area contributed by atoms with E-state index in [0.717, 1.165) is 39.5 Å². The first-order valence-electron chi connectivity index (χ1n) is 10.5. The third-order valence-corrected chi connectivity index (χ3v) is 6.00. The summed E-state index contributed by atoms with van der Waals surface area (Å²) in [6.45, 7) is 4.38. The lowest BCUT2D eigenvalue weighted by molar-refractivity contribution is -0.129. The second-order valence-electron chi connectivity index (χ2n) is 7.99. The summed E-state index contributed by atoms with van der Waals surface area (Å²) in [5.41, 5.74) is 6.62. The van der Waals surface area contributed by atoms with Crippen LogP contribution in [0.25, 0.3) is 16.9 Å². The number of nitrogens with zero attached hydrogens (tertiary/aromatic N) is 5. The number of likely N-dealkylation sites (N-methyl/N-ethyl adjacent to an activating group) is 1. The number of para-hydroxylation sites is 1. The maximum absolute atomic E-state index is 13.0. The summed E-state index contributed by atoms with van der Waals surface area (Å²) in [4.78, 5) is 14.8. The lowest BCUT2D eigenvalue weighted by Crippen LogP contribution is -2.28. The van der Waals surface area contributed by atoms with Gasteiger partial charge in [-0.25, -0.2) is 4.68 Å². The van der Waals surface area contributed by atoms with E-state index in [1.807, 2.05) is 98.1 Å². The largest absolute Gasteiger partial charge is 0.341 e. The summed E-state index contributed by atoms with van der Waals surface area (Å²) in [5, 5.41) is 9.93. The summed E-state index contributed by atoms with van der Waals surface area (Å²) in [6.07, 6.45) is 2.31. The SMILES string of the molecule is Cc1nn(C)c(C)c1CC(=O)N(C)Cc1cn(-c2ccccc2)nc1-c1ccc(Cl)cc1. The predicted molar refractivity (Wildman–Crippen MR) is 127 cm³/mol. The number of hydrogen-bond acceptors (Lipinski definition) is 3. The Labute approximate surface area is 193 Å². The predicted octanol–water partition coefficient (Wildman–Crippen LogP) is 4.74. The summed E-state index contributed by atoms with van der Waals surface area (Å²) < 4.78 is 3.67. The Hall–Kier alpha value is -3.38. The van der Waals surface area contributed by atoms with E-state index in [1.54, 1.807) is 4.90 Å². The van der Waals surface area contributed by atoms with Gasteiger partial charge in [0.05, 0.1) is 23.5 Å².